The Labute approximate surface area is 165 Å². The number of hydrogen-bond acceptors (Lipinski definition) is 3. The van der Waals surface area contributed by atoms with Gasteiger partial charge in [-0.1, -0.05) is 60.7 Å². The minimum Gasteiger partial charge on any atom is -0.325 e. The molecule has 3 aromatic carbocycles. The van der Waals surface area contributed by atoms with Crippen LogP contribution in [0.15, 0.2) is 89.8 Å². The van der Waals surface area contributed by atoms with Crippen molar-refractivity contribution in [3.63, 3.8) is 0 Å². The Kier molecular flexibility index (Phi) is 6.23. The molecule has 0 aliphatic rings. The highest BCUT2D eigenvalue weighted by atomic mass is 32.2. The van der Waals surface area contributed by atoms with E-state index in [2.05, 4.69) is 5.32 Å². The van der Waals surface area contributed by atoms with Crippen molar-refractivity contribution < 1.29 is 13.2 Å². The van der Waals surface area contributed by atoms with Crippen LogP contribution in [0.1, 0.15) is 11.1 Å². The Balaban J connectivity index is 1.84. The number of amides is 1. The zero-order valence-electron chi connectivity index (χ0n) is 15.6. The quantitative estimate of drug-likeness (QED) is 0.662. The molecule has 144 valence electrons. The first kappa shape index (κ1) is 19.8. The zero-order chi connectivity index (χ0) is 20.0. The summed E-state index contributed by atoms with van der Waals surface area (Å²) >= 11 is 0. The molecule has 1 amide bonds. The molecule has 28 heavy (non-hydrogen) atoms. The van der Waals surface area contributed by atoms with Gasteiger partial charge in [0.15, 0.2) is 0 Å². The van der Waals surface area contributed by atoms with Crippen molar-refractivity contribution in [2.75, 3.05) is 11.9 Å². The Morgan fingerprint density at radius 2 is 1.54 bits per heavy atom. The minimum atomic E-state index is -3.82. The van der Waals surface area contributed by atoms with Crippen molar-refractivity contribution in [2.45, 2.75) is 18.4 Å². The molecular weight excluding hydrogens is 372 g/mol. The number of carbonyl (C=O) groups excluding carboxylic acids is 1. The van der Waals surface area contributed by atoms with Crippen molar-refractivity contribution in [3.8, 4) is 0 Å². The summed E-state index contributed by atoms with van der Waals surface area (Å²) in [6, 6.07) is 24.8. The summed E-state index contributed by atoms with van der Waals surface area (Å²) in [7, 11) is -3.82. The van der Waals surface area contributed by atoms with E-state index >= 15 is 0 Å². The summed E-state index contributed by atoms with van der Waals surface area (Å²) in [6.45, 7) is 1.76. The normalized spacial score (nSPS) is 11.4. The van der Waals surface area contributed by atoms with Crippen molar-refractivity contribution in [3.05, 3.63) is 96.1 Å². The van der Waals surface area contributed by atoms with Gasteiger partial charge in [-0.3, -0.25) is 4.79 Å². The number of anilines is 1. The smallest absolute Gasteiger partial charge is 0.243 e. The van der Waals surface area contributed by atoms with Crippen LogP contribution < -0.4 is 5.32 Å². The number of carbonyl (C=O) groups is 1. The van der Waals surface area contributed by atoms with Gasteiger partial charge in [-0.25, -0.2) is 8.42 Å². The molecule has 5 nitrogen and oxygen atoms in total. The van der Waals surface area contributed by atoms with Gasteiger partial charge in [0.05, 0.1) is 11.4 Å². The van der Waals surface area contributed by atoms with Crippen molar-refractivity contribution in [1.82, 2.24) is 4.31 Å². The van der Waals surface area contributed by atoms with Crippen molar-refractivity contribution >= 4 is 21.6 Å². The molecule has 0 fully saturated rings. The van der Waals surface area contributed by atoms with Gasteiger partial charge < -0.3 is 5.32 Å². The van der Waals surface area contributed by atoms with E-state index in [1.807, 2.05) is 55.5 Å². The number of benzene rings is 3. The minimum absolute atomic E-state index is 0.110. The Morgan fingerprint density at radius 3 is 2.18 bits per heavy atom. The summed E-state index contributed by atoms with van der Waals surface area (Å²) in [6.07, 6.45) is 0. The van der Waals surface area contributed by atoms with Gasteiger partial charge >= 0.3 is 0 Å². The van der Waals surface area contributed by atoms with E-state index in [0.717, 1.165) is 11.1 Å². The summed E-state index contributed by atoms with van der Waals surface area (Å²) in [5.41, 5.74) is 2.46. The molecule has 0 aromatic heterocycles. The van der Waals surface area contributed by atoms with E-state index in [-0.39, 0.29) is 23.9 Å². The maximum atomic E-state index is 13.1. The second-order valence-electron chi connectivity index (χ2n) is 6.49. The molecular formula is C22H22N2O3S. The number of rotatable bonds is 7. The van der Waals surface area contributed by atoms with E-state index in [4.69, 9.17) is 0 Å². The van der Waals surface area contributed by atoms with Gasteiger partial charge in [0.25, 0.3) is 0 Å². The van der Waals surface area contributed by atoms with Gasteiger partial charge in [-0.2, -0.15) is 4.31 Å². The molecule has 0 heterocycles. The largest absolute Gasteiger partial charge is 0.325 e. The summed E-state index contributed by atoms with van der Waals surface area (Å²) in [5, 5.41) is 2.78. The van der Waals surface area contributed by atoms with E-state index < -0.39 is 10.0 Å². The van der Waals surface area contributed by atoms with Crippen LogP contribution in [0.3, 0.4) is 0 Å². The summed E-state index contributed by atoms with van der Waals surface area (Å²) in [4.78, 5) is 12.7. The molecule has 0 aliphatic carbocycles. The molecule has 0 spiro atoms. The average molecular weight is 394 g/mol. The highest BCUT2D eigenvalue weighted by Crippen LogP contribution is 2.18. The lowest BCUT2D eigenvalue weighted by Crippen LogP contribution is -2.37. The standard InChI is InChI=1S/C22H22N2O3S/c1-18-9-8-12-20(15-18)23-22(25)17-24(16-19-10-4-2-5-11-19)28(26,27)21-13-6-3-7-14-21/h2-15H,16-17H2,1H3,(H,23,25). The van der Waals surface area contributed by atoms with Crippen LogP contribution in [-0.4, -0.2) is 25.2 Å². The predicted molar refractivity (Wildman–Crippen MR) is 110 cm³/mol. The Bertz CT molecular complexity index is 1040. The number of aryl methyl sites for hydroxylation is 1. The topological polar surface area (TPSA) is 66.5 Å². The van der Waals surface area contributed by atoms with Crippen molar-refractivity contribution in [2.24, 2.45) is 0 Å². The van der Waals surface area contributed by atoms with Crippen LogP contribution in [0, 0.1) is 6.92 Å². The third kappa shape index (κ3) is 5.06. The van der Waals surface area contributed by atoms with Gasteiger partial charge in [0, 0.05) is 12.2 Å². The molecule has 3 aromatic rings. The van der Waals surface area contributed by atoms with Gasteiger partial charge in [-0.15, -0.1) is 0 Å². The lowest BCUT2D eigenvalue weighted by atomic mass is 10.2. The summed E-state index contributed by atoms with van der Waals surface area (Å²) < 4.78 is 27.4. The first-order valence-corrected chi connectivity index (χ1v) is 10.3. The van der Waals surface area contributed by atoms with E-state index in [0.29, 0.717) is 5.69 Å². The molecule has 0 bridgehead atoms. The van der Waals surface area contributed by atoms with Gasteiger partial charge in [0.1, 0.15) is 0 Å². The molecule has 1 N–H and O–H groups in total. The van der Waals surface area contributed by atoms with Crippen LogP contribution in [0.2, 0.25) is 0 Å². The van der Waals surface area contributed by atoms with Crippen molar-refractivity contribution in [1.29, 1.82) is 0 Å². The molecule has 0 saturated heterocycles. The first-order chi connectivity index (χ1) is 13.4. The monoisotopic (exact) mass is 394 g/mol. The zero-order valence-corrected chi connectivity index (χ0v) is 16.4. The molecule has 3 rings (SSSR count). The van der Waals surface area contributed by atoms with Crippen LogP contribution >= 0.6 is 0 Å². The Hall–Kier alpha value is -2.96. The van der Waals surface area contributed by atoms with Crippen LogP contribution in [-0.2, 0) is 21.4 Å². The average Bonchev–Trinajstić information content (AvgIpc) is 2.69. The lowest BCUT2D eigenvalue weighted by Gasteiger charge is -2.22. The second kappa shape index (κ2) is 8.82. The fraction of sp³-hybridized carbons (Fsp3) is 0.136. The molecule has 0 unspecified atom stereocenters. The molecule has 6 heteroatoms. The van der Waals surface area contributed by atoms with Gasteiger partial charge in [0.2, 0.25) is 15.9 Å². The highest BCUT2D eigenvalue weighted by Gasteiger charge is 2.26. The van der Waals surface area contributed by atoms with Crippen LogP contribution in [0.25, 0.3) is 0 Å². The fourth-order valence-electron chi connectivity index (χ4n) is 2.84. The third-order valence-corrected chi connectivity index (χ3v) is 6.01. The lowest BCUT2D eigenvalue weighted by molar-refractivity contribution is -0.116. The molecule has 0 saturated carbocycles. The SMILES string of the molecule is Cc1cccc(NC(=O)CN(Cc2ccccc2)S(=O)(=O)c2ccccc2)c1. The molecule has 0 aliphatic heterocycles. The fourth-order valence-corrected chi connectivity index (χ4v) is 4.24. The first-order valence-electron chi connectivity index (χ1n) is 8.91. The Morgan fingerprint density at radius 1 is 0.893 bits per heavy atom. The number of hydrogen-bond donors (Lipinski definition) is 1. The second-order valence-corrected chi connectivity index (χ2v) is 8.43. The van der Waals surface area contributed by atoms with Crippen LogP contribution in [0.4, 0.5) is 5.69 Å². The van der Waals surface area contributed by atoms with E-state index in [9.17, 15) is 13.2 Å². The molecule has 0 radical (unpaired) electrons. The molecule has 0 atom stereocenters. The van der Waals surface area contributed by atoms with E-state index in [1.54, 1.807) is 24.3 Å². The number of nitrogens with one attached hydrogen (secondary N) is 1. The maximum absolute atomic E-state index is 13.1. The van der Waals surface area contributed by atoms with Crippen LogP contribution in [0.5, 0.6) is 0 Å². The van der Waals surface area contributed by atoms with Gasteiger partial charge in [-0.05, 0) is 42.3 Å². The number of nitrogens with zero attached hydrogens (tertiary/aromatic N) is 1. The third-order valence-electron chi connectivity index (χ3n) is 4.20. The predicted octanol–water partition coefficient (Wildman–Crippen LogP) is 3.82. The number of sulfonamides is 1. The highest BCUT2D eigenvalue weighted by molar-refractivity contribution is 7.89. The maximum Gasteiger partial charge on any atom is 0.243 e. The summed E-state index contributed by atoms with van der Waals surface area (Å²) in [5.74, 6) is -0.388. The van der Waals surface area contributed by atoms with E-state index in [1.165, 1.54) is 16.4 Å².